The SMILES string of the molecule is C=C(C)OC(=O)N(c1ccccc1)c1nc2cc(N(C)c3ccnc(Nc4cccc(S(N)(=O)=O)c4)n3)ccc2n1C. The molecule has 2 aromatic heterocycles. The van der Waals surface area contributed by atoms with Gasteiger partial charge in [0.2, 0.25) is 21.9 Å². The number of hydrogen-bond acceptors (Lipinski definition) is 9. The minimum absolute atomic E-state index is 0.0254. The molecule has 3 N–H and O–H groups in total. The summed E-state index contributed by atoms with van der Waals surface area (Å²) in [5.74, 6) is 1.47. The molecular formula is C29H28N8O4S. The summed E-state index contributed by atoms with van der Waals surface area (Å²) in [5, 5.41) is 8.26. The highest BCUT2D eigenvalue weighted by molar-refractivity contribution is 7.89. The summed E-state index contributed by atoms with van der Waals surface area (Å²) >= 11 is 0. The number of amides is 1. The van der Waals surface area contributed by atoms with Crippen LogP contribution in [-0.4, -0.2) is 41.1 Å². The molecule has 0 atom stereocenters. The van der Waals surface area contributed by atoms with Crippen LogP contribution in [0.25, 0.3) is 11.0 Å². The van der Waals surface area contributed by atoms with Crippen molar-refractivity contribution >= 4 is 61.9 Å². The monoisotopic (exact) mass is 584 g/mol. The number of primary sulfonamides is 1. The highest BCUT2D eigenvalue weighted by Crippen LogP contribution is 2.32. The van der Waals surface area contributed by atoms with Crippen molar-refractivity contribution in [2.45, 2.75) is 11.8 Å². The first-order valence-corrected chi connectivity index (χ1v) is 14.2. The summed E-state index contributed by atoms with van der Waals surface area (Å²) in [7, 11) is -0.184. The number of rotatable bonds is 8. The van der Waals surface area contributed by atoms with Gasteiger partial charge in [0.1, 0.15) is 5.82 Å². The van der Waals surface area contributed by atoms with Gasteiger partial charge >= 0.3 is 6.09 Å². The Kier molecular flexibility index (Phi) is 7.61. The maximum absolute atomic E-state index is 13.1. The van der Waals surface area contributed by atoms with E-state index in [0.717, 1.165) is 11.2 Å². The second kappa shape index (κ2) is 11.3. The lowest BCUT2D eigenvalue weighted by Gasteiger charge is -2.21. The van der Waals surface area contributed by atoms with Crippen molar-refractivity contribution in [2.24, 2.45) is 12.2 Å². The number of para-hydroxylation sites is 1. The molecule has 3 aromatic carbocycles. The summed E-state index contributed by atoms with van der Waals surface area (Å²) in [6.45, 7) is 5.29. The first-order chi connectivity index (χ1) is 20.0. The van der Waals surface area contributed by atoms with Crippen molar-refractivity contribution in [3.63, 3.8) is 0 Å². The lowest BCUT2D eigenvalue weighted by Crippen LogP contribution is -2.28. The minimum Gasteiger partial charge on any atom is -0.415 e. The molecule has 1 amide bonds. The summed E-state index contributed by atoms with van der Waals surface area (Å²) < 4.78 is 30.6. The zero-order valence-corrected chi connectivity index (χ0v) is 23.9. The Morgan fingerprint density at radius 2 is 1.76 bits per heavy atom. The fourth-order valence-corrected chi connectivity index (χ4v) is 4.83. The van der Waals surface area contributed by atoms with Gasteiger partial charge in [-0.3, -0.25) is 0 Å². The van der Waals surface area contributed by atoms with Gasteiger partial charge in [-0.15, -0.1) is 0 Å². The number of anilines is 6. The van der Waals surface area contributed by atoms with E-state index in [1.54, 1.807) is 43.5 Å². The van der Waals surface area contributed by atoms with E-state index < -0.39 is 16.1 Å². The third-order valence-corrected chi connectivity index (χ3v) is 7.20. The summed E-state index contributed by atoms with van der Waals surface area (Å²) in [4.78, 5) is 29.9. The molecule has 0 bridgehead atoms. The van der Waals surface area contributed by atoms with Crippen molar-refractivity contribution in [1.29, 1.82) is 0 Å². The van der Waals surface area contributed by atoms with Crippen molar-refractivity contribution in [2.75, 3.05) is 22.2 Å². The van der Waals surface area contributed by atoms with Crippen LogP contribution in [0.5, 0.6) is 0 Å². The van der Waals surface area contributed by atoms with E-state index >= 15 is 0 Å². The largest absolute Gasteiger partial charge is 0.426 e. The maximum Gasteiger partial charge on any atom is 0.426 e. The second-order valence-corrected chi connectivity index (χ2v) is 10.9. The quantitative estimate of drug-likeness (QED) is 0.231. The number of sulfonamides is 1. The average Bonchev–Trinajstić information content (AvgIpc) is 3.27. The van der Waals surface area contributed by atoms with Gasteiger partial charge in [0.25, 0.3) is 0 Å². The van der Waals surface area contributed by atoms with E-state index in [9.17, 15) is 13.2 Å². The molecule has 214 valence electrons. The van der Waals surface area contributed by atoms with Crippen molar-refractivity contribution in [3.8, 4) is 0 Å². The lowest BCUT2D eigenvalue weighted by atomic mass is 10.2. The van der Waals surface area contributed by atoms with Gasteiger partial charge in [0, 0.05) is 31.7 Å². The molecule has 5 rings (SSSR count). The van der Waals surface area contributed by atoms with Crippen molar-refractivity contribution in [3.05, 3.63) is 97.4 Å². The number of fused-ring (bicyclic) bond motifs is 1. The molecule has 0 aliphatic carbocycles. The molecule has 0 fully saturated rings. The topological polar surface area (TPSA) is 149 Å². The number of carbonyl (C=O) groups excluding carboxylic acids is 1. The van der Waals surface area contributed by atoms with Crippen LogP contribution in [0.2, 0.25) is 0 Å². The fourth-order valence-electron chi connectivity index (χ4n) is 4.27. The van der Waals surface area contributed by atoms with Crippen LogP contribution in [0.1, 0.15) is 6.92 Å². The number of aromatic nitrogens is 4. The van der Waals surface area contributed by atoms with Crippen LogP contribution < -0.4 is 20.3 Å². The maximum atomic E-state index is 13.1. The molecule has 0 aliphatic rings. The van der Waals surface area contributed by atoms with Crippen LogP contribution in [0.15, 0.2) is 102 Å². The lowest BCUT2D eigenvalue weighted by molar-refractivity contribution is 0.186. The smallest absolute Gasteiger partial charge is 0.415 e. The van der Waals surface area contributed by atoms with Crippen LogP contribution in [0.4, 0.5) is 39.6 Å². The predicted molar refractivity (Wildman–Crippen MR) is 162 cm³/mol. The first kappa shape index (κ1) is 28.3. The molecule has 12 nitrogen and oxygen atoms in total. The molecule has 2 heterocycles. The predicted octanol–water partition coefficient (Wildman–Crippen LogP) is 5.33. The average molecular weight is 585 g/mol. The number of nitrogens with two attached hydrogens (primary N) is 1. The molecule has 0 radical (unpaired) electrons. The number of hydrogen-bond donors (Lipinski definition) is 2. The first-order valence-electron chi connectivity index (χ1n) is 12.7. The number of nitrogens with zero attached hydrogens (tertiary/aromatic N) is 6. The Labute approximate surface area is 242 Å². The third-order valence-electron chi connectivity index (χ3n) is 6.29. The Morgan fingerprint density at radius 3 is 2.48 bits per heavy atom. The van der Waals surface area contributed by atoms with E-state index in [1.807, 2.05) is 60.0 Å². The fraction of sp³-hybridized carbons (Fsp3) is 0.103. The van der Waals surface area contributed by atoms with Gasteiger partial charge in [0.15, 0.2) is 0 Å². The molecule has 42 heavy (non-hydrogen) atoms. The number of aryl methyl sites for hydroxylation is 1. The second-order valence-electron chi connectivity index (χ2n) is 9.38. The molecule has 0 aliphatic heterocycles. The summed E-state index contributed by atoms with van der Waals surface area (Å²) in [6.07, 6.45) is 0.965. The number of nitrogens with one attached hydrogen (secondary N) is 1. The van der Waals surface area contributed by atoms with E-state index in [2.05, 4.69) is 21.9 Å². The summed E-state index contributed by atoms with van der Waals surface area (Å²) in [6, 6.07) is 22.6. The zero-order valence-electron chi connectivity index (χ0n) is 23.1. The van der Waals surface area contributed by atoms with E-state index in [4.69, 9.17) is 14.9 Å². The molecule has 0 saturated heterocycles. The number of benzene rings is 3. The molecule has 0 spiro atoms. The van der Waals surface area contributed by atoms with E-state index in [1.165, 1.54) is 17.0 Å². The third kappa shape index (κ3) is 5.92. The van der Waals surface area contributed by atoms with Crippen LogP contribution in [-0.2, 0) is 21.8 Å². The van der Waals surface area contributed by atoms with Crippen molar-refractivity contribution in [1.82, 2.24) is 19.5 Å². The molecular weight excluding hydrogens is 556 g/mol. The Hall–Kier alpha value is -5.27. The number of allylic oxidation sites excluding steroid dienone is 1. The van der Waals surface area contributed by atoms with Crippen LogP contribution >= 0.6 is 0 Å². The highest BCUT2D eigenvalue weighted by atomic mass is 32.2. The standard InChI is InChI=1S/C29H28N8O4S/c1-19(2)41-29(38)37(21-10-6-5-7-11-21)28-33-24-18-22(13-14-25(24)36(28)4)35(3)26-15-16-31-27(34-26)32-20-9-8-12-23(17-20)42(30,39)40/h5-18H,1H2,2-4H3,(H2,30,39,40)(H,31,32,34). The van der Waals surface area contributed by atoms with Gasteiger partial charge in [-0.05, 0) is 61.5 Å². The molecule has 13 heteroatoms. The van der Waals surface area contributed by atoms with E-state index in [0.29, 0.717) is 28.7 Å². The van der Waals surface area contributed by atoms with Gasteiger partial charge in [0.05, 0.1) is 27.4 Å². The molecule has 5 aromatic rings. The van der Waals surface area contributed by atoms with Crippen molar-refractivity contribution < 1.29 is 17.9 Å². The van der Waals surface area contributed by atoms with Crippen LogP contribution in [0, 0.1) is 0 Å². The number of carbonyl (C=O) groups is 1. The minimum atomic E-state index is -3.86. The number of imidazole rings is 1. The zero-order chi connectivity index (χ0) is 30.0. The molecule has 0 unspecified atom stereocenters. The number of ether oxygens (including phenoxy) is 1. The van der Waals surface area contributed by atoms with Gasteiger partial charge in [-0.1, -0.05) is 30.8 Å². The van der Waals surface area contributed by atoms with Gasteiger partial charge in [-0.2, -0.15) is 4.98 Å². The molecule has 0 saturated carbocycles. The Bertz CT molecular complexity index is 1910. The van der Waals surface area contributed by atoms with E-state index in [-0.39, 0.29) is 16.6 Å². The summed E-state index contributed by atoms with van der Waals surface area (Å²) in [5.41, 5.74) is 3.29. The normalized spacial score (nSPS) is 11.2. The van der Waals surface area contributed by atoms with Crippen LogP contribution in [0.3, 0.4) is 0 Å². The van der Waals surface area contributed by atoms with Gasteiger partial charge in [-0.25, -0.2) is 33.2 Å². The van der Waals surface area contributed by atoms with Gasteiger partial charge < -0.3 is 19.5 Å². The Morgan fingerprint density at radius 1 is 1.00 bits per heavy atom. The highest BCUT2D eigenvalue weighted by Gasteiger charge is 2.25. The Balaban J connectivity index is 1.46.